The predicted octanol–water partition coefficient (Wildman–Crippen LogP) is 1.90. The number of nitrogens with zero attached hydrogens (tertiary/aromatic N) is 1. The number of aryl methyl sites for hydroxylation is 3. The molecule has 1 amide bonds. The molecule has 3 N–H and O–H groups in total. The first-order chi connectivity index (χ1) is 11.7. The number of carbonyl (C=O) groups is 1. The second kappa shape index (κ2) is 9.17. The monoisotopic (exact) mass is 403 g/mol. The maximum absolute atomic E-state index is 12.6. The average molecular weight is 404 g/mol. The standard InChI is InChI=1S/C18H29N3O3S.ClH/c1-12-7-13(2)18(14(3)8-12)25(23,24)20-6-5-17(22)21-11-16(10-19)9-15(21)4;/h7-8,15-16,20H,5-6,9-11,19H2,1-4H3;1H. The number of sulfonamides is 1. The van der Waals surface area contributed by atoms with Gasteiger partial charge < -0.3 is 10.6 Å². The van der Waals surface area contributed by atoms with Gasteiger partial charge in [0.05, 0.1) is 4.90 Å². The fourth-order valence-electron chi connectivity index (χ4n) is 3.76. The largest absolute Gasteiger partial charge is 0.340 e. The zero-order valence-electron chi connectivity index (χ0n) is 15.9. The topological polar surface area (TPSA) is 92.5 Å². The number of benzene rings is 1. The summed E-state index contributed by atoms with van der Waals surface area (Å²) in [5.41, 5.74) is 8.15. The van der Waals surface area contributed by atoms with E-state index in [1.807, 2.05) is 30.9 Å². The molecule has 2 atom stereocenters. The number of carbonyl (C=O) groups excluding carboxylic acids is 1. The van der Waals surface area contributed by atoms with Crippen LogP contribution in [0.3, 0.4) is 0 Å². The van der Waals surface area contributed by atoms with Crippen molar-refractivity contribution in [3.05, 3.63) is 28.8 Å². The van der Waals surface area contributed by atoms with E-state index in [9.17, 15) is 13.2 Å². The van der Waals surface area contributed by atoms with Gasteiger partial charge in [0.1, 0.15) is 0 Å². The minimum absolute atomic E-state index is 0. The maximum atomic E-state index is 12.6. The molecule has 1 fully saturated rings. The molecular formula is C18H30ClN3O3S. The molecule has 0 saturated carbocycles. The van der Waals surface area contributed by atoms with Crippen LogP contribution in [0.2, 0.25) is 0 Å². The molecule has 148 valence electrons. The van der Waals surface area contributed by atoms with Crippen LogP contribution in [-0.4, -0.2) is 44.9 Å². The molecule has 8 heteroatoms. The summed E-state index contributed by atoms with van der Waals surface area (Å²) in [5, 5.41) is 0. The molecule has 0 bridgehead atoms. The first-order valence-electron chi connectivity index (χ1n) is 8.72. The van der Waals surface area contributed by atoms with Gasteiger partial charge in [0.2, 0.25) is 15.9 Å². The maximum Gasteiger partial charge on any atom is 0.241 e. The Morgan fingerprint density at radius 3 is 2.35 bits per heavy atom. The van der Waals surface area contributed by atoms with Crippen molar-refractivity contribution in [2.45, 2.75) is 51.5 Å². The van der Waals surface area contributed by atoms with Crippen LogP contribution >= 0.6 is 12.4 Å². The molecule has 0 aliphatic carbocycles. The Bertz CT molecular complexity index is 729. The van der Waals surface area contributed by atoms with Crippen molar-refractivity contribution in [3.8, 4) is 0 Å². The first kappa shape index (κ1) is 22.9. The Morgan fingerprint density at radius 2 is 1.85 bits per heavy atom. The Labute approximate surface area is 163 Å². The molecule has 1 aromatic carbocycles. The van der Waals surface area contributed by atoms with Gasteiger partial charge in [-0.05, 0) is 57.7 Å². The zero-order valence-corrected chi connectivity index (χ0v) is 17.5. The normalized spacial score (nSPS) is 20.1. The number of likely N-dealkylation sites (tertiary alicyclic amines) is 1. The summed E-state index contributed by atoms with van der Waals surface area (Å²) < 4.78 is 27.8. The number of halogens is 1. The van der Waals surface area contributed by atoms with Crippen molar-refractivity contribution in [2.24, 2.45) is 11.7 Å². The second-order valence-electron chi connectivity index (χ2n) is 7.11. The SMILES string of the molecule is Cc1cc(C)c(S(=O)(=O)NCCC(=O)N2CC(CN)CC2C)c(C)c1.Cl. The molecule has 26 heavy (non-hydrogen) atoms. The van der Waals surface area contributed by atoms with Crippen molar-refractivity contribution < 1.29 is 13.2 Å². The van der Waals surface area contributed by atoms with Crippen LogP contribution in [0.25, 0.3) is 0 Å². The Hall–Kier alpha value is -1.15. The molecule has 1 aliphatic rings. The number of amides is 1. The minimum Gasteiger partial charge on any atom is -0.340 e. The molecule has 1 aliphatic heterocycles. The van der Waals surface area contributed by atoms with Crippen molar-refractivity contribution in [1.82, 2.24) is 9.62 Å². The lowest BCUT2D eigenvalue weighted by atomic mass is 10.1. The minimum atomic E-state index is -3.63. The smallest absolute Gasteiger partial charge is 0.241 e. The van der Waals surface area contributed by atoms with E-state index in [0.29, 0.717) is 23.9 Å². The van der Waals surface area contributed by atoms with E-state index < -0.39 is 10.0 Å². The fourth-order valence-corrected chi connectivity index (χ4v) is 5.24. The third-order valence-electron chi connectivity index (χ3n) is 4.82. The van der Waals surface area contributed by atoms with E-state index in [4.69, 9.17) is 5.73 Å². The van der Waals surface area contributed by atoms with Crippen LogP contribution in [0.5, 0.6) is 0 Å². The average Bonchev–Trinajstić information content (AvgIpc) is 2.86. The molecular weight excluding hydrogens is 374 g/mol. The summed E-state index contributed by atoms with van der Waals surface area (Å²) in [6.45, 7) is 8.87. The lowest BCUT2D eigenvalue weighted by Crippen LogP contribution is -2.37. The number of nitrogens with two attached hydrogens (primary N) is 1. The third kappa shape index (κ3) is 5.19. The summed E-state index contributed by atoms with van der Waals surface area (Å²) in [6.07, 6.45) is 1.07. The number of hydrogen-bond acceptors (Lipinski definition) is 4. The van der Waals surface area contributed by atoms with Crippen LogP contribution in [0, 0.1) is 26.7 Å². The summed E-state index contributed by atoms with van der Waals surface area (Å²) >= 11 is 0. The van der Waals surface area contributed by atoms with Gasteiger partial charge in [0.25, 0.3) is 0 Å². The summed E-state index contributed by atoms with van der Waals surface area (Å²) in [6, 6.07) is 3.87. The van der Waals surface area contributed by atoms with Gasteiger partial charge >= 0.3 is 0 Å². The van der Waals surface area contributed by atoms with Crippen molar-refractivity contribution in [2.75, 3.05) is 19.6 Å². The van der Waals surface area contributed by atoms with Crippen LogP contribution in [0.4, 0.5) is 0 Å². The molecule has 1 saturated heterocycles. The third-order valence-corrected chi connectivity index (χ3v) is 6.58. The lowest BCUT2D eigenvalue weighted by molar-refractivity contribution is -0.131. The van der Waals surface area contributed by atoms with E-state index >= 15 is 0 Å². The highest BCUT2D eigenvalue weighted by atomic mass is 35.5. The van der Waals surface area contributed by atoms with E-state index in [1.165, 1.54) is 0 Å². The summed E-state index contributed by atoms with van der Waals surface area (Å²) in [5.74, 6) is 0.317. The molecule has 2 rings (SSSR count). The fraction of sp³-hybridized carbons (Fsp3) is 0.611. The predicted molar refractivity (Wildman–Crippen MR) is 106 cm³/mol. The van der Waals surface area contributed by atoms with Crippen LogP contribution in [-0.2, 0) is 14.8 Å². The Morgan fingerprint density at radius 1 is 1.27 bits per heavy atom. The highest BCUT2D eigenvalue weighted by Crippen LogP contribution is 2.23. The summed E-state index contributed by atoms with van der Waals surface area (Å²) in [7, 11) is -3.63. The van der Waals surface area contributed by atoms with Gasteiger partial charge in [-0.25, -0.2) is 13.1 Å². The molecule has 1 heterocycles. The highest BCUT2D eigenvalue weighted by molar-refractivity contribution is 7.89. The Balaban J connectivity index is 0.00000338. The molecule has 2 unspecified atom stereocenters. The van der Waals surface area contributed by atoms with Crippen LogP contribution in [0.1, 0.15) is 36.5 Å². The number of hydrogen-bond donors (Lipinski definition) is 2. The van der Waals surface area contributed by atoms with Crippen LogP contribution < -0.4 is 10.5 Å². The van der Waals surface area contributed by atoms with Gasteiger partial charge in [-0.15, -0.1) is 12.4 Å². The second-order valence-corrected chi connectivity index (χ2v) is 8.81. The molecule has 6 nitrogen and oxygen atoms in total. The van der Waals surface area contributed by atoms with Crippen LogP contribution in [0.15, 0.2) is 17.0 Å². The van der Waals surface area contributed by atoms with Gasteiger partial charge in [-0.3, -0.25) is 4.79 Å². The van der Waals surface area contributed by atoms with E-state index in [-0.39, 0.29) is 37.3 Å². The molecule has 0 spiro atoms. The highest BCUT2D eigenvalue weighted by Gasteiger charge is 2.31. The number of rotatable bonds is 6. The molecule has 0 radical (unpaired) electrons. The van der Waals surface area contributed by atoms with Gasteiger partial charge in [-0.1, -0.05) is 17.7 Å². The van der Waals surface area contributed by atoms with Crippen molar-refractivity contribution >= 4 is 28.3 Å². The van der Waals surface area contributed by atoms with Crippen molar-refractivity contribution in [3.63, 3.8) is 0 Å². The zero-order chi connectivity index (χ0) is 18.8. The van der Waals surface area contributed by atoms with Gasteiger partial charge in [0.15, 0.2) is 0 Å². The van der Waals surface area contributed by atoms with Gasteiger partial charge in [0, 0.05) is 25.6 Å². The summed E-state index contributed by atoms with van der Waals surface area (Å²) in [4.78, 5) is 14.5. The van der Waals surface area contributed by atoms with E-state index in [2.05, 4.69) is 4.72 Å². The molecule has 1 aromatic rings. The quantitative estimate of drug-likeness (QED) is 0.758. The first-order valence-corrected chi connectivity index (χ1v) is 10.2. The van der Waals surface area contributed by atoms with E-state index in [0.717, 1.165) is 23.1 Å². The van der Waals surface area contributed by atoms with Crippen molar-refractivity contribution in [1.29, 1.82) is 0 Å². The van der Waals surface area contributed by atoms with Gasteiger partial charge in [-0.2, -0.15) is 0 Å². The van der Waals surface area contributed by atoms with E-state index in [1.54, 1.807) is 13.8 Å². The lowest BCUT2D eigenvalue weighted by Gasteiger charge is -2.21. The number of nitrogens with one attached hydrogen (secondary N) is 1. The molecule has 0 aromatic heterocycles. The Kier molecular flexibility index (Phi) is 8.07.